The summed E-state index contributed by atoms with van der Waals surface area (Å²) in [5.41, 5.74) is -1.34. The highest BCUT2D eigenvalue weighted by atomic mass is 35.5. The molecule has 1 aromatic carbocycles. The average molecular weight is 285 g/mol. The maximum Gasteiger partial charge on any atom is 0.326 e. The third-order valence-corrected chi connectivity index (χ3v) is 1.97. The van der Waals surface area contributed by atoms with E-state index in [1.165, 1.54) is 5.32 Å². The van der Waals surface area contributed by atoms with Crippen molar-refractivity contribution in [3.63, 3.8) is 0 Å². The number of hydrogen-bond donors (Lipinski definition) is 2. The Labute approximate surface area is 103 Å². The van der Waals surface area contributed by atoms with Crippen molar-refractivity contribution in [2.24, 2.45) is 0 Å². The van der Waals surface area contributed by atoms with Crippen molar-refractivity contribution < 1.29 is 27.2 Å². The van der Waals surface area contributed by atoms with E-state index in [2.05, 4.69) is 0 Å². The predicted octanol–water partition coefficient (Wildman–Crippen LogP) is 2.13. The summed E-state index contributed by atoms with van der Waals surface area (Å²) in [5, 5.41) is 3.04. The molecule has 0 aliphatic rings. The zero-order valence-electron chi connectivity index (χ0n) is 8.49. The van der Waals surface area contributed by atoms with Crippen molar-refractivity contribution in [2.45, 2.75) is 0 Å². The zero-order chi connectivity index (χ0) is 13.9. The Morgan fingerprint density at radius 2 is 1.61 bits per heavy atom. The summed E-state index contributed by atoms with van der Waals surface area (Å²) >= 11 is 5.05. The van der Waals surface area contributed by atoms with E-state index in [0.717, 1.165) is 0 Å². The molecule has 0 aromatic heterocycles. The van der Waals surface area contributed by atoms with E-state index in [9.17, 15) is 27.2 Å². The smallest absolute Gasteiger partial charge is 0.302 e. The van der Waals surface area contributed by atoms with Gasteiger partial charge in [0.2, 0.25) is 5.91 Å². The lowest BCUT2D eigenvalue weighted by Crippen LogP contribution is -2.35. The van der Waals surface area contributed by atoms with Crippen LogP contribution in [0.4, 0.5) is 28.0 Å². The van der Waals surface area contributed by atoms with Gasteiger partial charge in [-0.05, 0) is 0 Å². The molecule has 0 radical (unpaired) electrons. The summed E-state index contributed by atoms with van der Waals surface area (Å²) in [6, 6.07) is -1.39. The van der Waals surface area contributed by atoms with Crippen molar-refractivity contribution in [3.8, 4) is 0 Å². The van der Waals surface area contributed by atoms with Gasteiger partial charge in [-0.1, -0.05) is 0 Å². The number of amides is 3. The van der Waals surface area contributed by atoms with Gasteiger partial charge in [-0.2, -0.15) is 0 Å². The number of imide groups is 1. The van der Waals surface area contributed by atoms with Crippen LogP contribution in [-0.4, -0.2) is 17.8 Å². The Morgan fingerprint density at radius 3 is 2.06 bits per heavy atom. The van der Waals surface area contributed by atoms with Crippen LogP contribution in [0.2, 0.25) is 0 Å². The Bertz CT molecular complexity index is 484. The molecule has 0 unspecified atom stereocenters. The number of anilines is 1. The molecule has 0 aliphatic carbocycles. The largest absolute Gasteiger partial charge is 0.326 e. The van der Waals surface area contributed by atoms with Crippen LogP contribution < -0.4 is 10.6 Å². The number of halogens is 5. The Hall–Kier alpha value is -1.83. The molecule has 0 fully saturated rings. The van der Waals surface area contributed by atoms with Crippen LogP contribution in [0.5, 0.6) is 0 Å². The topological polar surface area (TPSA) is 58.2 Å². The fourth-order valence-electron chi connectivity index (χ4n) is 0.988. The summed E-state index contributed by atoms with van der Waals surface area (Å²) < 4.78 is 51.7. The van der Waals surface area contributed by atoms with Crippen LogP contribution in [0.15, 0.2) is 6.07 Å². The lowest BCUT2D eigenvalue weighted by molar-refractivity contribution is -0.117. The number of urea groups is 1. The van der Waals surface area contributed by atoms with E-state index < -0.39 is 46.8 Å². The first kappa shape index (κ1) is 14.2. The SMILES string of the molecule is O=C(CCl)NC(=O)Nc1c(F)c(F)cc(F)c1F. The van der Waals surface area contributed by atoms with Crippen molar-refractivity contribution >= 4 is 29.2 Å². The third-order valence-electron chi connectivity index (χ3n) is 1.72. The van der Waals surface area contributed by atoms with E-state index in [1.54, 1.807) is 5.32 Å². The molecular weight excluding hydrogens is 280 g/mol. The molecule has 1 aromatic rings. The van der Waals surface area contributed by atoms with Crippen LogP contribution >= 0.6 is 11.6 Å². The number of nitrogens with one attached hydrogen (secondary N) is 2. The summed E-state index contributed by atoms with van der Waals surface area (Å²) in [5.74, 6) is -8.48. The van der Waals surface area contributed by atoms with E-state index in [1.807, 2.05) is 0 Å². The van der Waals surface area contributed by atoms with Crippen LogP contribution in [0.3, 0.4) is 0 Å². The summed E-state index contributed by atoms with van der Waals surface area (Å²) in [6.45, 7) is 0. The molecule has 9 heteroatoms. The maximum absolute atomic E-state index is 13.1. The minimum Gasteiger partial charge on any atom is -0.302 e. The van der Waals surface area contributed by atoms with Crippen LogP contribution in [0.25, 0.3) is 0 Å². The molecule has 0 atom stereocenters. The average Bonchev–Trinajstić information content (AvgIpc) is 2.32. The van der Waals surface area contributed by atoms with Gasteiger partial charge in [0.05, 0.1) is 0 Å². The second-order valence-corrected chi connectivity index (χ2v) is 3.25. The second-order valence-electron chi connectivity index (χ2n) is 2.98. The minimum atomic E-state index is -1.79. The lowest BCUT2D eigenvalue weighted by Gasteiger charge is -2.08. The first-order valence-corrected chi connectivity index (χ1v) is 4.90. The standard InChI is InChI=1S/C9H5ClF4N2O2/c10-2-5(17)15-9(18)16-8-6(13)3(11)1-4(12)7(8)14/h1H,2H2,(H2,15,16,17,18). The van der Waals surface area contributed by atoms with Gasteiger partial charge in [-0.25, -0.2) is 22.4 Å². The Balaban J connectivity index is 2.97. The molecule has 0 saturated heterocycles. The highest BCUT2D eigenvalue weighted by Crippen LogP contribution is 2.23. The summed E-state index contributed by atoms with van der Waals surface area (Å²) in [6.07, 6.45) is 0. The molecule has 0 bridgehead atoms. The predicted molar refractivity (Wildman–Crippen MR) is 54.2 cm³/mol. The fourth-order valence-corrected chi connectivity index (χ4v) is 1.05. The van der Waals surface area contributed by atoms with Gasteiger partial charge in [-0.3, -0.25) is 10.1 Å². The molecule has 4 nitrogen and oxygen atoms in total. The molecule has 98 valence electrons. The quantitative estimate of drug-likeness (QED) is 0.496. The van der Waals surface area contributed by atoms with Gasteiger partial charge in [0.1, 0.15) is 11.6 Å². The van der Waals surface area contributed by atoms with E-state index in [4.69, 9.17) is 11.6 Å². The first-order valence-electron chi connectivity index (χ1n) is 4.36. The molecule has 0 spiro atoms. The van der Waals surface area contributed by atoms with Gasteiger partial charge in [0.15, 0.2) is 23.3 Å². The van der Waals surface area contributed by atoms with Crippen molar-refractivity contribution in [2.75, 3.05) is 11.2 Å². The number of rotatable bonds is 2. The Kier molecular flexibility index (Phi) is 4.49. The van der Waals surface area contributed by atoms with Crippen molar-refractivity contribution in [3.05, 3.63) is 29.3 Å². The van der Waals surface area contributed by atoms with Gasteiger partial charge < -0.3 is 5.32 Å². The number of carbonyl (C=O) groups is 2. The third kappa shape index (κ3) is 3.10. The lowest BCUT2D eigenvalue weighted by atomic mass is 10.2. The second kappa shape index (κ2) is 5.67. The van der Waals surface area contributed by atoms with Gasteiger partial charge >= 0.3 is 6.03 Å². The number of hydrogen-bond acceptors (Lipinski definition) is 2. The van der Waals surface area contributed by atoms with Crippen molar-refractivity contribution in [1.82, 2.24) is 5.32 Å². The normalized spacial score (nSPS) is 10.1. The van der Waals surface area contributed by atoms with E-state index in [0.29, 0.717) is 0 Å². The highest BCUT2D eigenvalue weighted by molar-refractivity contribution is 6.28. The maximum atomic E-state index is 13.1. The molecule has 0 saturated carbocycles. The van der Waals surface area contributed by atoms with E-state index >= 15 is 0 Å². The molecule has 3 amide bonds. The van der Waals surface area contributed by atoms with E-state index in [-0.39, 0.29) is 6.07 Å². The molecule has 0 heterocycles. The fraction of sp³-hybridized carbons (Fsp3) is 0.111. The van der Waals surface area contributed by atoms with Gasteiger partial charge in [0, 0.05) is 6.07 Å². The zero-order valence-corrected chi connectivity index (χ0v) is 9.25. The number of alkyl halides is 1. The number of benzene rings is 1. The van der Waals surface area contributed by atoms with Gasteiger partial charge in [-0.15, -0.1) is 11.6 Å². The highest BCUT2D eigenvalue weighted by Gasteiger charge is 2.21. The van der Waals surface area contributed by atoms with Gasteiger partial charge in [0.25, 0.3) is 0 Å². The van der Waals surface area contributed by atoms with Crippen LogP contribution in [0.1, 0.15) is 0 Å². The molecule has 18 heavy (non-hydrogen) atoms. The Morgan fingerprint density at radius 1 is 1.11 bits per heavy atom. The first-order chi connectivity index (χ1) is 8.36. The molecule has 2 N–H and O–H groups in total. The summed E-state index contributed by atoms with van der Waals surface area (Å²) in [4.78, 5) is 21.7. The van der Waals surface area contributed by atoms with Crippen LogP contribution in [0, 0.1) is 23.3 Å². The number of carbonyl (C=O) groups excluding carboxylic acids is 2. The van der Waals surface area contributed by atoms with Crippen LogP contribution in [-0.2, 0) is 4.79 Å². The summed E-state index contributed by atoms with van der Waals surface area (Å²) in [7, 11) is 0. The minimum absolute atomic E-state index is 0.0162. The molecule has 1 rings (SSSR count). The van der Waals surface area contributed by atoms with Crippen molar-refractivity contribution in [1.29, 1.82) is 0 Å². The molecular formula is C9H5ClF4N2O2. The monoisotopic (exact) mass is 284 g/mol. The molecule has 0 aliphatic heterocycles.